The van der Waals surface area contributed by atoms with E-state index in [9.17, 15) is 13.6 Å². The standard InChI is InChI=1S/C13H9F2NO3/c1-19-8-4-9(14)12(10(15)5-8)7-2-3-11(13(17)18)16-6-7/h2-6H,1H3,(H,17,18). The molecule has 0 bridgehead atoms. The first-order chi connectivity index (χ1) is 9.02. The van der Waals surface area contributed by atoms with Crippen molar-refractivity contribution in [2.45, 2.75) is 0 Å². The number of hydrogen-bond donors (Lipinski definition) is 1. The van der Waals surface area contributed by atoms with Gasteiger partial charge in [-0.1, -0.05) is 6.07 Å². The molecule has 1 aromatic heterocycles. The molecule has 0 aliphatic rings. The zero-order valence-electron chi connectivity index (χ0n) is 9.85. The summed E-state index contributed by atoms with van der Waals surface area (Å²) in [5, 5.41) is 8.70. The molecule has 0 aliphatic heterocycles. The Labute approximate surface area is 107 Å². The van der Waals surface area contributed by atoms with Crippen molar-refractivity contribution in [1.29, 1.82) is 0 Å². The molecule has 1 N–H and O–H groups in total. The summed E-state index contributed by atoms with van der Waals surface area (Å²) in [4.78, 5) is 14.3. The van der Waals surface area contributed by atoms with Gasteiger partial charge in [0.05, 0.1) is 12.7 Å². The van der Waals surface area contributed by atoms with Gasteiger partial charge in [0, 0.05) is 23.9 Å². The maximum atomic E-state index is 13.8. The van der Waals surface area contributed by atoms with Crippen molar-refractivity contribution in [3.63, 3.8) is 0 Å². The lowest BCUT2D eigenvalue weighted by molar-refractivity contribution is 0.0690. The number of ether oxygens (including phenoxy) is 1. The molecule has 0 aliphatic carbocycles. The Hall–Kier alpha value is -2.50. The highest BCUT2D eigenvalue weighted by Gasteiger charge is 2.15. The van der Waals surface area contributed by atoms with Gasteiger partial charge < -0.3 is 9.84 Å². The largest absolute Gasteiger partial charge is 0.497 e. The monoisotopic (exact) mass is 265 g/mol. The Bertz CT molecular complexity index is 603. The van der Waals surface area contributed by atoms with E-state index in [1.165, 1.54) is 19.2 Å². The van der Waals surface area contributed by atoms with Crippen LogP contribution in [0.4, 0.5) is 8.78 Å². The number of hydrogen-bond acceptors (Lipinski definition) is 3. The van der Waals surface area contributed by atoms with Crippen LogP contribution in [0.5, 0.6) is 5.75 Å². The summed E-state index contributed by atoms with van der Waals surface area (Å²) in [6, 6.07) is 4.57. The molecule has 6 heteroatoms. The molecule has 2 aromatic rings. The Balaban J connectivity index is 2.50. The van der Waals surface area contributed by atoms with Crippen LogP contribution in [-0.2, 0) is 0 Å². The van der Waals surface area contributed by atoms with Crippen molar-refractivity contribution in [2.24, 2.45) is 0 Å². The minimum Gasteiger partial charge on any atom is -0.497 e. The third-order valence-electron chi connectivity index (χ3n) is 2.52. The second-order valence-electron chi connectivity index (χ2n) is 3.70. The molecule has 0 radical (unpaired) electrons. The summed E-state index contributed by atoms with van der Waals surface area (Å²) in [6.45, 7) is 0. The number of pyridine rings is 1. The smallest absolute Gasteiger partial charge is 0.354 e. The average molecular weight is 265 g/mol. The topological polar surface area (TPSA) is 59.4 Å². The third-order valence-corrected chi connectivity index (χ3v) is 2.52. The number of nitrogens with zero attached hydrogens (tertiary/aromatic N) is 1. The van der Waals surface area contributed by atoms with Crippen LogP contribution in [0.15, 0.2) is 30.5 Å². The Morgan fingerprint density at radius 3 is 2.32 bits per heavy atom. The molecule has 0 amide bonds. The van der Waals surface area contributed by atoms with E-state index < -0.39 is 17.6 Å². The van der Waals surface area contributed by atoms with Gasteiger partial charge in [-0.15, -0.1) is 0 Å². The van der Waals surface area contributed by atoms with Crippen LogP contribution in [0, 0.1) is 11.6 Å². The molecule has 0 saturated carbocycles. The molecule has 0 spiro atoms. The van der Waals surface area contributed by atoms with Crippen molar-refractivity contribution in [3.05, 3.63) is 47.8 Å². The highest BCUT2D eigenvalue weighted by Crippen LogP contribution is 2.29. The lowest BCUT2D eigenvalue weighted by Crippen LogP contribution is -2.00. The van der Waals surface area contributed by atoms with Crippen molar-refractivity contribution < 1.29 is 23.4 Å². The van der Waals surface area contributed by atoms with Crippen LogP contribution in [0.3, 0.4) is 0 Å². The fraction of sp³-hybridized carbons (Fsp3) is 0.0769. The van der Waals surface area contributed by atoms with Crippen molar-refractivity contribution in [1.82, 2.24) is 4.98 Å². The molecule has 0 saturated heterocycles. The van der Waals surface area contributed by atoms with Crippen molar-refractivity contribution in [2.75, 3.05) is 7.11 Å². The summed E-state index contributed by atoms with van der Waals surface area (Å²) in [5.41, 5.74) is -0.314. The van der Waals surface area contributed by atoms with E-state index in [2.05, 4.69) is 4.98 Å². The second-order valence-corrected chi connectivity index (χ2v) is 3.70. The summed E-state index contributed by atoms with van der Waals surface area (Å²) < 4.78 is 32.3. The molecule has 0 atom stereocenters. The van der Waals surface area contributed by atoms with Gasteiger partial charge in [-0.3, -0.25) is 0 Å². The number of rotatable bonds is 3. The van der Waals surface area contributed by atoms with E-state index >= 15 is 0 Å². The van der Waals surface area contributed by atoms with E-state index in [4.69, 9.17) is 9.84 Å². The van der Waals surface area contributed by atoms with E-state index in [-0.39, 0.29) is 22.6 Å². The van der Waals surface area contributed by atoms with Crippen LogP contribution in [0.2, 0.25) is 0 Å². The quantitative estimate of drug-likeness (QED) is 0.927. The summed E-state index contributed by atoms with van der Waals surface area (Å²) >= 11 is 0. The lowest BCUT2D eigenvalue weighted by Gasteiger charge is -2.07. The zero-order chi connectivity index (χ0) is 14.0. The van der Waals surface area contributed by atoms with Gasteiger partial charge >= 0.3 is 5.97 Å². The van der Waals surface area contributed by atoms with Gasteiger partial charge in [0.25, 0.3) is 0 Å². The number of aromatic nitrogens is 1. The maximum Gasteiger partial charge on any atom is 0.354 e. The number of methoxy groups -OCH3 is 1. The molecule has 0 unspecified atom stereocenters. The van der Waals surface area contributed by atoms with E-state index in [0.717, 1.165) is 18.3 Å². The normalized spacial score (nSPS) is 10.3. The molecule has 1 aromatic carbocycles. The number of aromatic carboxylic acids is 1. The number of carboxylic acid groups (broad SMARTS) is 1. The predicted molar refractivity (Wildman–Crippen MR) is 63.1 cm³/mol. The van der Waals surface area contributed by atoms with Gasteiger partial charge in [0.1, 0.15) is 23.1 Å². The first-order valence-corrected chi connectivity index (χ1v) is 5.25. The number of carboxylic acids is 1. The van der Waals surface area contributed by atoms with Crippen LogP contribution >= 0.6 is 0 Å². The molecular weight excluding hydrogens is 256 g/mol. The lowest BCUT2D eigenvalue weighted by atomic mass is 10.1. The first-order valence-electron chi connectivity index (χ1n) is 5.25. The Kier molecular flexibility index (Phi) is 3.41. The van der Waals surface area contributed by atoms with Crippen LogP contribution in [0.25, 0.3) is 11.1 Å². The van der Waals surface area contributed by atoms with Gasteiger partial charge in [-0.25, -0.2) is 18.6 Å². The summed E-state index contributed by atoms with van der Waals surface area (Å²) in [5.74, 6) is -2.75. The van der Waals surface area contributed by atoms with E-state index in [1.54, 1.807) is 0 Å². The number of carbonyl (C=O) groups is 1. The van der Waals surface area contributed by atoms with Crippen LogP contribution < -0.4 is 4.74 Å². The second kappa shape index (κ2) is 5.01. The third kappa shape index (κ3) is 2.52. The average Bonchev–Trinajstić information content (AvgIpc) is 2.38. The zero-order valence-corrected chi connectivity index (χ0v) is 9.85. The number of benzene rings is 1. The molecule has 98 valence electrons. The van der Waals surface area contributed by atoms with Gasteiger partial charge in [0.15, 0.2) is 0 Å². The maximum absolute atomic E-state index is 13.8. The van der Waals surface area contributed by atoms with Crippen LogP contribution in [-0.4, -0.2) is 23.2 Å². The van der Waals surface area contributed by atoms with Crippen molar-refractivity contribution >= 4 is 5.97 Å². The summed E-state index contributed by atoms with van der Waals surface area (Å²) in [7, 11) is 1.30. The predicted octanol–water partition coefficient (Wildman–Crippen LogP) is 2.73. The fourth-order valence-electron chi connectivity index (χ4n) is 1.61. The molecule has 2 rings (SSSR count). The highest BCUT2D eigenvalue weighted by atomic mass is 19.1. The molecule has 4 nitrogen and oxygen atoms in total. The fourth-order valence-corrected chi connectivity index (χ4v) is 1.61. The molecule has 19 heavy (non-hydrogen) atoms. The van der Waals surface area contributed by atoms with E-state index in [1.807, 2.05) is 0 Å². The minimum absolute atomic E-state index is 0.0638. The highest BCUT2D eigenvalue weighted by molar-refractivity contribution is 5.85. The Morgan fingerprint density at radius 1 is 1.26 bits per heavy atom. The number of halogens is 2. The Morgan fingerprint density at radius 2 is 1.89 bits per heavy atom. The minimum atomic E-state index is -1.21. The first kappa shape index (κ1) is 12.9. The molecular formula is C13H9F2NO3. The molecule has 0 fully saturated rings. The van der Waals surface area contributed by atoms with Gasteiger partial charge in [-0.05, 0) is 6.07 Å². The van der Waals surface area contributed by atoms with Gasteiger partial charge in [0.2, 0.25) is 0 Å². The van der Waals surface area contributed by atoms with Crippen molar-refractivity contribution in [3.8, 4) is 16.9 Å². The SMILES string of the molecule is COc1cc(F)c(-c2ccc(C(=O)O)nc2)c(F)c1. The van der Waals surface area contributed by atoms with E-state index in [0.29, 0.717) is 0 Å². The van der Waals surface area contributed by atoms with Crippen LogP contribution in [0.1, 0.15) is 10.5 Å². The molecule has 1 heterocycles. The summed E-state index contributed by atoms with van der Waals surface area (Å²) in [6.07, 6.45) is 1.11. The van der Waals surface area contributed by atoms with Gasteiger partial charge in [-0.2, -0.15) is 0 Å².